The number of aromatic nitrogens is 5. The minimum atomic E-state index is -0.446. The normalized spacial score (nSPS) is 17.9. The second-order valence-electron chi connectivity index (χ2n) is 9.45. The van der Waals surface area contributed by atoms with E-state index in [2.05, 4.69) is 35.4 Å². The minimum absolute atomic E-state index is 0.0728. The lowest BCUT2D eigenvalue weighted by Crippen LogP contribution is -2.22. The summed E-state index contributed by atoms with van der Waals surface area (Å²) in [5.41, 5.74) is 2.72. The monoisotopic (exact) mass is 477 g/mol. The lowest BCUT2D eigenvalue weighted by molar-refractivity contribution is 0.161. The first kappa shape index (κ1) is 21.8. The molecule has 0 radical (unpaired) electrons. The maximum atomic E-state index is 15.2. The summed E-state index contributed by atoms with van der Waals surface area (Å²) in [5.74, 6) is 2.56. The third-order valence-corrected chi connectivity index (χ3v) is 6.61. The van der Waals surface area contributed by atoms with Gasteiger partial charge >= 0.3 is 6.01 Å². The lowest BCUT2D eigenvalue weighted by Gasteiger charge is -2.19. The van der Waals surface area contributed by atoms with Crippen molar-refractivity contribution in [2.24, 2.45) is 5.92 Å². The Kier molecular flexibility index (Phi) is 5.52. The van der Waals surface area contributed by atoms with Gasteiger partial charge in [-0.2, -0.15) is 15.1 Å². The van der Waals surface area contributed by atoms with Crippen molar-refractivity contribution in [1.29, 1.82) is 0 Å². The van der Waals surface area contributed by atoms with E-state index in [9.17, 15) is 0 Å². The summed E-state index contributed by atoms with van der Waals surface area (Å²) < 4.78 is 26.4. The summed E-state index contributed by atoms with van der Waals surface area (Å²) in [5, 5.41) is 11.2. The molecule has 4 heterocycles. The molecule has 0 spiro atoms. The molecule has 9 nitrogen and oxygen atoms in total. The SMILES string of the molecule is COCC1CCN(c2cc(Nc3cc(C4CC4)[nH]n3)nc(Oc3ccc4[nH]c(C)cc4c3F)n2)C1. The van der Waals surface area contributed by atoms with Gasteiger partial charge in [0.05, 0.1) is 6.61 Å². The molecule has 1 unspecified atom stereocenters. The maximum Gasteiger partial charge on any atom is 0.326 e. The Morgan fingerprint density at radius 3 is 2.86 bits per heavy atom. The molecule has 1 aromatic carbocycles. The fourth-order valence-electron chi connectivity index (χ4n) is 4.70. The minimum Gasteiger partial charge on any atom is -0.421 e. The second kappa shape index (κ2) is 8.84. The molecule has 1 saturated carbocycles. The molecule has 4 aromatic rings. The van der Waals surface area contributed by atoms with Crippen LogP contribution in [-0.2, 0) is 4.74 Å². The zero-order valence-corrected chi connectivity index (χ0v) is 19.8. The topological polar surface area (TPSA) is 104 Å². The third kappa shape index (κ3) is 4.53. The summed E-state index contributed by atoms with van der Waals surface area (Å²) >= 11 is 0. The number of aromatic amines is 2. The summed E-state index contributed by atoms with van der Waals surface area (Å²) in [4.78, 5) is 14.5. The molecule has 3 aromatic heterocycles. The van der Waals surface area contributed by atoms with E-state index in [1.807, 2.05) is 19.1 Å². The van der Waals surface area contributed by atoms with Gasteiger partial charge in [0.1, 0.15) is 11.6 Å². The van der Waals surface area contributed by atoms with Gasteiger partial charge in [0.15, 0.2) is 17.4 Å². The van der Waals surface area contributed by atoms with E-state index < -0.39 is 5.82 Å². The number of hydrogen-bond donors (Lipinski definition) is 3. The van der Waals surface area contributed by atoms with Gasteiger partial charge in [0.2, 0.25) is 0 Å². The highest BCUT2D eigenvalue weighted by molar-refractivity contribution is 5.82. The summed E-state index contributed by atoms with van der Waals surface area (Å²) in [6.45, 7) is 4.26. The van der Waals surface area contributed by atoms with E-state index in [4.69, 9.17) is 9.47 Å². The zero-order chi connectivity index (χ0) is 23.9. The van der Waals surface area contributed by atoms with E-state index in [-0.39, 0.29) is 11.8 Å². The molecule has 182 valence electrons. The number of nitrogens with one attached hydrogen (secondary N) is 3. The quantitative estimate of drug-likeness (QED) is 0.328. The molecular weight excluding hydrogens is 449 g/mol. The lowest BCUT2D eigenvalue weighted by atomic mass is 10.1. The number of anilines is 3. The first-order valence-electron chi connectivity index (χ1n) is 12.0. The molecule has 35 heavy (non-hydrogen) atoms. The molecule has 0 bridgehead atoms. The molecule has 10 heteroatoms. The molecular formula is C25H28FN7O2. The fraction of sp³-hybridized carbons (Fsp3) is 0.400. The van der Waals surface area contributed by atoms with E-state index >= 15 is 4.39 Å². The van der Waals surface area contributed by atoms with Crippen LogP contribution in [0.2, 0.25) is 0 Å². The largest absolute Gasteiger partial charge is 0.421 e. The third-order valence-electron chi connectivity index (χ3n) is 6.61. The Morgan fingerprint density at radius 2 is 2.03 bits per heavy atom. The Balaban J connectivity index is 1.31. The summed E-state index contributed by atoms with van der Waals surface area (Å²) in [6.07, 6.45) is 3.38. The van der Waals surface area contributed by atoms with Crippen LogP contribution in [0.25, 0.3) is 10.9 Å². The van der Waals surface area contributed by atoms with Crippen molar-refractivity contribution in [3.8, 4) is 11.8 Å². The Hall–Kier alpha value is -3.66. The second-order valence-corrected chi connectivity index (χ2v) is 9.45. The number of H-pyrrole nitrogens is 2. The Morgan fingerprint density at radius 1 is 1.14 bits per heavy atom. The van der Waals surface area contributed by atoms with Crippen LogP contribution in [0.5, 0.6) is 11.8 Å². The zero-order valence-electron chi connectivity index (χ0n) is 19.8. The molecule has 1 saturated heterocycles. The van der Waals surface area contributed by atoms with Crippen LogP contribution in [0, 0.1) is 18.7 Å². The highest BCUT2D eigenvalue weighted by Crippen LogP contribution is 2.40. The van der Waals surface area contributed by atoms with Gasteiger partial charge in [-0.25, -0.2) is 4.39 Å². The molecule has 1 aliphatic carbocycles. The van der Waals surface area contributed by atoms with Gasteiger partial charge in [-0.3, -0.25) is 5.10 Å². The highest BCUT2D eigenvalue weighted by atomic mass is 19.1. The number of fused-ring (bicyclic) bond motifs is 1. The van der Waals surface area contributed by atoms with E-state index in [1.165, 1.54) is 12.8 Å². The van der Waals surface area contributed by atoms with E-state index in [0.717, 1.165) is 36.4 Å². The summed E-state index contributed by atoms with van der Waals surface area (Å²) in [7, 11) is 1.72. The Bertz CT molecular complexity index is 1360. The highest BCUT2D eigenvalue weighted by Gasteiger charge is 2.27. The maximum absolute atomic E-state index is 15.2. The fourth-order valence-corrected chi connectivity index (χ4v) is 4.70. The van der Waals surface area contributed by atoms with Crippen LogP contribution in [0.3, 0.4) is 0 Å². The Labute approximate surface area is 202 Å². The van der Waals surface area contributed by atoms with Gasteiger partial charge in [0.25, 0.3) is 0 Å². The van der Waals surface area contributed by atoms with Crippen LogP contribution in [0.1, 0.15) is 36.6 Å². The first-order valence-corrected chi connectivity index (χ1v) is 12.0. The van der Waals surface area contributed by atoms with Gasteiger partial charge in [-0.15, -0.1) is 0 Å². The molecule has 1 atom stereocenters. The number of rotatable bonds is 8. The van der Waals surface area contributed by atoms with Crippen molar-refractivity contribution in [1.82, 2.24) is 25.1 Å². The summed E-state index contributed by atoms with van der Waals surface area (Å²) in [6, 6.07) is 9.11. The van der Waals surface area contributed by atoms with Crippen molar-refractivity contribution >= 4 is 28.4 Å². The number of halogens is 1. The van der Waals surface area contributed by atoms with Crippen LogP contribution in [0.15, 0.2) is 30.3 Å². The van der Waals surface area contributed by atoms with Crippen molar-refractivity contribution < 1.29 is 13.9 Å². The molecule has 2 fully saturated rings. The predicted octanol–water partition coefficient (Wildman–Crippen LogP) is 5.01. The van der Waals surface area contributed by atoms with Crippen molar-refractivity contribution in [3.05, 3.63) is 47.5 Å². The number of benzene rings is 1. The molecule has 3 N–H and O–H groups in total. The van der Waals surface area contributed by atoms with Crippen molar-refractivity contribution in [2.45, 2.75) is 32.1 Å². The average molecular weight is 478 g/mol. The number of hydrogen-bond acceptors (Lipinski definition) is 7. The molecule has 2 aliphatic rings. The smallest absolute Gasteiger partial charge is 0.326 e. The number of aryl methyl sites for hydroxylation is 1. The van der Waals surface area contributed by atoms with Gasteiger partial charge < -0.3 is 24.7 Å². The van der Waals surface area contributed by atoms with Crippen molar-refractivity contribution in [3.63, 3.8) is 0 Å². The van der Waals surface area contributed by atoms with Gasteiger partial charge in [-0.1, -0.05) is 0 Å². The standard InChI is InChI=1S/C25H28FN7O2/c1-14-9-17-18(27-14)5-6-20(24(17)26)35-25-29-21(28-22-10-19(31-32-22)16-3-4-16)11-23(30-25)33-8-7-15(12-33)13-34-2/h5-6,9-11,15-16,27H,3-4,7-8,12-13H2,1-2H3,(H2,28,29,30,31,32). The predicted molar refractivity (Wildman–Crippen MR) is 131 cm³/mol. The number of ether oxygens (including phenoxy) is 2. The molecule has 6 rings (SSSR count). The van der Waals surface area contributed by atoms with Gasteiger partial charge in [0, 0.05) is 66.5 Å². The van der Waals surface area contributed by atoms with E-state index in [0.29, 0.717) is 41.3 Å². The molecule has 0 amide bonds. The van der Waals surface area contributed by atoms with Crippen LogP contribution in [-0.4, -0.2) is 52.0 Å². The average Bonchev–Trinajstić information content (AvgIpc) is 3.21. The first-order chi connectivity index (χ1) is 17.1. The van der Waals surface area contributed by atoms with Gasteiger partial charge in [-0.05, 0) is 44.4 Å². The van der Waals surface area contributed by atoms with E-state index in [1.54, 1.807) is 25.3 Å². The van der Waals surface area contributed by atoms with Crippen LogP contribution < -0.4 is 15.0 Å². The molecule has 1 aliphatic heterocycles. The van der Waals surface area contributed by atoms with Crippen LogP contribution in [0.4, 0.5) is 21.8 Å². The van der Waals surface area contributed by atoms with Crippen molar-refractivity contribution in [2.75, 3.05) is 37.0 Å². The van der Waals surface area contributed by atoms with Crippen LogP contribution >= 0.6 is 0 Å². The number of methoxy groups -OCH3 is 1. The number of nitrogens with zero attached hydrogens (tertiary/aromatic N) is 4.